The van der Waals surface area contributed by atoms with Crippen molar-refractivity contribution in [3.63, 3.8) is 0 Å². The highest BCUT2D eigenvalue weighted by atomic mass is 32.1. The van der Waals surface area contributed by atoms with E-state index in [2.05, 4.69) is 14.7 Å². The molecule has 0 bridgehead atoms. The number of rotatable bonds is 4. The molecular formula is C10H11N3OS. The first-order valence-electron chi connectivity index (χ1n) is 4.57. The minimum atomic E-state index is 0.568. The zero-order chi connectivity index (χ0) is 10.5. The molecule has 15 heavy (non-hydrogen) atoms. The normalized spacial score (nSPS) is 10.2. The van der Waals surface area contributed by atoms with E-state index in [4.69, 9.17) is 4.74 Å². The fourth-order valence-electron chi connectivity index (χ4n) is 1.24. The Bertz CT molecular complexity index is 416. The van der Waals surface area contributed by atoms with E-state index in [1.165, 1.54) is 17.9 Å². The van der Waals surface area contributed by atoms with Crippen LogP contribution >= 0.6 is 11.5 Å². The molecule has 0 atom stereocenters. The Hall–Kier alpha value is -1.46. The SMILES string of the molecule is CNCc1ccccc1Oc1ncns1. The van der Waals surface area contributed by atoms with Gasteiger partial charge in [-0.2, -0.15) is 9.36 Å². The van der Waals surface area contributed by atoms with Crippen LogP contribution in [0.3, 0.4) is 0 Å². The molecule has 4 nitrogen and oxygen atoms in total. The number of hydrogen-bond acceptors (Lipinski definition) is 5. The number of nitrogens with zero attached hydrogens (tertiary/aromatic N) is 2. The average Bonchev–Trinajstić information content (AvgIpc) is 2.74. The highest BCUT2D eigenvalue weighted by Gasteiger charge is 2.04. The van der Waals surface area contributed by atoms with Gasteiger partial charge in [-0.3, -0.25) is 0 Å². The molecule has 0 fully saturated rings. The lowest BCUT2D eigenvalue weighted by molar-refractivity contribution is 0.470. The molecule has 0 aliphatic carbocycles. The molecule has 1 N–H and O–H groups in total. The molecule has 0 aliphatic heterocycles. The van der Waals surface area contributed by atoms with Crippen LogP contribution in [0, 0.1) is 0 Å². The lowest BCUT2D eigenvalue weighted by atomic mass is 10.2. The second-order valence-corrected chi connectivity index (χ2v) is 3.69. The standard InChI is InChI=1S/C10H11N3OS/c1-11-6-8-4-2-3-5-9(8)14-10-12-7-13-15-10/h2-5,7,11H,6H2,1H3. The van der Waals surface area contributed by atoms with Crippen molar-refractivity contribution in [1.29, 1.82) is 0 Å². The summed E-state index contributed by atoms with van der Waals surface area (Å²) >= 11 is 1.24. The van der Waals surface area contributed by atoms with Crippen LogP contribution in [-0.4, -0.2) is 16.4 Å². The summed E-state index contributed by atoms with van der Waals surface area (Å²) < 4.78 is 9.49. The third-order valence-corrected chi connectivity index (χ3v) is 2.42. The molecular weight excluding hydrogens is 210 g/mol. The summed E-state index contributed by atoms with van der Waals surface area (Å²) in [4.78, 5) is 3.98. The summed E-state index contributed by atoms with van der Waals surface area (Å²) in [6.45, 7) is 0.773. The Morgan fingerprint density at radius 3 is 3.00 bits per heavy atom. The van der Waals surface area contributed by atoms with Gasteiger partial charge in [-0.25, -0.2) is 0 Å². The number of hydrogen-bond donors (Lipinski definition) is 1. The van der Waals surface area contributed by atoms with Crippen molar-refractivity contribution in [2.75, 3.05) is 7.05 Å². The molecule has 2 rings (SSSR count). The van der Waals surface area contributed by atoms with Gasteiger partial charge in [0.05, 0.1) is 0 Å². The molecule has 0 unspecified atom stereocenters. The lowest BCUT2D eigenvalue weighted by Crippen LogP contribution is -2.06. The average molecular weight is 221 g/mol. The van der Waals surface area contributed by atoms with E-state index in [0.29, 0.717) is 5.19 Å². The number of benzene rings is 1. The summed E-state index contributed by atoms with van der Waals surface area (Å²) in [5.41, 5.74) is 1.11. The van der Waals surface area contributed by atoms with Gasteiger partial charge < -0.3 is 10.1 Å². The van der Waals surface area contributed by atoms with E-state index in [1.54, 1.807) is 0 Å². The molecule has 0 aliphatic rings. The van der Waals surface area contributed by atoms with Crippen molar-refractivity contribution in [2.24, 2.45) is 0 Å². The molecule has 2 aromatic rings. The highest BCUT2D eigenvalue weighted by Crippen LogP contribution is 2.25. The van der Waals surface area contributed by atoms with Gasteiger partial charge in [0.1, 0.15) is 12.1 Å². The van der Waals surface area contributed by atoms with Gasteiger partial charge in [-0.05, 0) is 13.1 Å². The van der Waals surface area contributed by atoms with Gasteiger partial charge >= 0.3 is 0 Å². The summed E-state index contributed by atoms with van der Waals surface area (Å²) in [5.74, 6) is 0.823. The molecule has 0 radical (unpaired) electrons. The number of nitrogens with one attached hydrogen (secondary N) is 1. The molecule has 0 amide bonds. The molecule has 78 valence electrons. The van der Waals surface area contributed by atoms with E-state index in [-0.39, 0.29) is 0 Å². The van der Waals surface area contributed by atoms with Crippen LogP contribution < -0.4 is 10.1 Å². The fourth-order valence-corrected chi connectivity index (χ4v) is 1.65. The van der Waals surface area contributed by atoms with Gasteiger partial charge in [0.15, 0.2) is 0 Å². The van der Waals surface area contributed by atoms with Crippen LogP contribution in [0.5, 0.6) is 10.9 Å². The van der Waals surface area contributed by atoms with Gasteiger partial charge in [0, 0.05) is 23.6 Å². The van der Waals surface area contributed by atoms with E-state index >= 15 is 0 Å². The van der Waals surface area contributed by atoms with Crippen LogP contribution in [0.4, 0.5) is 0 Å². The van der Waals surface area contributed by atoms with Crippen molar-refractivity contribution in [3.05, 3.63) is 36.2 Å². The highest BCUT2D eigenvalue weighted by molar-refractivity contribution is 7.07. The molecule has 0 spiro atoms. The van der Waals surface area contributed by atoms with Gasteiger partial charge in [-0.15, -0.1) is 0 Å². The topological polar surface area (TPSA) is 47.0 Å². The summed E-state index contributed by atoms with van der Waals surface area (Å²) in [5, 5.41) is 3.66. The Morgan fingerprint density at radius 1 is 1.40 bits per heavy atom. The van der Waals surface area contributed by atoms with E-state index in [9.17, 15) is 0 Å². The van der Waals surface area contributed by atoms with E-state index < -0.39 is 0 Å². The summed E-state index contributed by atoms with van der Waals surface area (Å²) in [7, 11) is 1.90. The van der Waals surface area contributed by atoms with Crippen LogP contribution in [-0.2, 0) is 6.54 Å². The Kier molecular flexibility index (Phi) is 3.26. The summed E-state index contributed by atoms with van der Waals surface area (Å²) in [6.07, 6.45) is 1.49. The molecule has 5 heteroatoms. The minimum Gasteiger partial charge on any atom is -0.430 e. The van der Waals surface area contributed by atoms with Crippen molar-refractivity contribution < 1.29 is 4.74 Å². The van der Waals surface area contributed by atoms with Crippen molar-refractivity contribution >= 4 is 11.5 Å². The zero-order valence-corrected chi connectivity index (χ0v) is 9.12. The van der Waals surface area contributed by atoms with Crippen LogP contribution in [0.15, 0.2) is 30.6 Å². The maximum atomic E-state index is 5.61. The number of ether oxygens (including phenoxy) is 1. The van der Waals surface area contributed by atoms with Gasteiger partial charge in [-0.1, -0.05) is 18.2 Å². The monoisotopic (exact) mass is 221 g/mol. The first-order valence-corrected chi connectivity index (χ1v) is 5.34. The van der Waals surface area contributed by atoms with E-state index in [0.717, 1.165) is 17.9 Å². The first-order chi connectivity index (χ1) is 7.40. The fraction of sp³-hybridized carbons (Fsp3) is 0.200. The Balaban J connectivity index is 2.20. The number of para-hydroxylation sites is 1. The second kappa shape index (κ2) is 4.86. The van der Waals surface area contributed by atoms with Crippen molar-refractivity contribution in [2.45, 2.75) is 6.54 Å². The van der Waals surface area contributed by atoms with Crippen LogP contribution in [0.2, 0.25) is 0 Å². The Labute approximate surface area is 92.1 Å². The smallest absolute Gasteiger partial charge is 0.298 e. The minimum absolute atomic E-state index is 0.568. The zero-order valence-electron chi connectivity index (χ0n) is 8.30. The van der Waals surface area contributed by atoms with Crippen LogP contribution in [0.25, 0.3) is 0 Å². The van der Waals surface area contributed by atoms with Crippen molar-refractivity contribution in [3.8, 4) is 10.9 Å². The third kappa shape index (κ3) is 2.51. The molecule has 1 heterocycles. The predicted molar refractivity (Wildman–Crippen MR) is 59.2 cm³/mol. The second-order valence-electron chi connectivity index (χ2n) is 2.95. The molecule has 1 aromatic carbocycles. The first kappa shape index (κ1) is 10.1. The molecule has 1 aromatic heterocycles. The molecule has 0 saturated carbocycles. The van der Waals surface area contributed by atoms with E-state index in [1.807, 2.05) is 31.3 Å². The van der Waals surface area contributed by atoms with Gasteiger partial charge in [0.25, 0.3) is 5.19 Å². The Morgan fingerprint density at radius 2 is 2.27 bits per heavy atom. The lowest BCUT2D eigenvalue weighted by Gasteiger charge is -2.07. The van der Waals surface area contributed by atoms with Crippen molar-refractivity contribution in [1.82, 2.24) is 14.7 Å². The van der Waals surface area contributed by atoms with Crippen LogP contribution in [0.1, 0.15) is 5.56 Å². The number of aromatic nitrogens is 2. The molecule has 0 saturated heterocycles. The van der Waals surface area contributed by atoms with Gasteiger partial charge in [0.2, 0.25) is 0 Å². The maximum Gasteiger partial charge on any atom is 0.298 e. The maximum absolute atomic E-state index is 5.61. The third-order valence-electron chi connectivity index (χ3n) is 1.88. The summed E-state index contributed by atoms with van der Waals surface area (Å²) in [6, 6.07) is 7.87. The quantitative estimate of drug-likeness (QED) is 0.858. The largest absolute Gasteiger partial charge is 0.430 e. The predicted octanol–water partition coefficient (Wildman–Crippen LogP) is 2.05.